The minimum absolute atomic E-state index is 0.0814. The number of aromatic hydroxyl groups is 1. The number of hydrogen-bond acceptors (Lipinski definition) is 3. The molecule has 0 aromatic heterocycles. The number of halogens is 1. The van der Waals surface area contributed by atoms with Gasteiger partial charge in [-0.1, -0.05) is 23.7 Å². The van der Waals surface area contributed by atoms with E-state index in [9.17, 15) is 5.11 Å². The average Bonchev–Trinajstić information content (AvgIpc) is 2.41. The maximum atomic E-state index is 9.41. The summed E-state index contributed by atoms with van der Waals surface area (Å²) >= 11 is 5.90. The molecule has 1 N–H and O–H groups in total. The topological polar surface area (TPSA) is 38.7 Å². The van der Waals surface area contributed by atoms with Gasteiger partial charge in [0.25, 0.3) is 0 Å². The van der Waals surface area contributed by atoms with E-state index in [1.807, 2.05) is 24.3 Å². The molecule has 4 heteroatoms. The summed E-state index contributed by atoms with van der Waals surface area (Å²) in [6.07, 6.45) is 0. The van der Waals surface area contributed by atoms with Gasteiger partial charge in [-0.05, 0) is 35.4 Å². The smallest absolute Gasteiger partial charge is 0.161 e. The highest BCUT2D eigenvalue weighted by atomic mass is 35.5. The van der Waals surface area contributed by atoms with Crippen LogP contribution in [0.25, 0.3) is 11.1 Å². The van der Waals surface area contributed by atoms with Crippen LogP contribution in [0, 0.1) is 0 Å². The van der Waals surface area contributed by atoms with Gasteiger partial charge in [0.15, 0.2) is 11.5 Å². The number of fused-ring (bicyclic) bond motifs is 1. The van der Waals surface area contributed by atoms with Gasteiger partial charge in [-0.3, -0.25) is 0 Å². The van der Waals surface area contributed by atoms with Gasteiger partial charge in [0, 0.05) is 0 Å². The normalized spacial score (nSPS) is 13.4. The van der Waals surface area contributed by atoms with Crippen molar-refractivity contribution in [1.29, 1.82) is 0 Å². The van der Waals surface area contributed by atoms with Crippen molar-refractivity contribution in [3.05, 3.63) is 41.4 Å². The molecule has 0 spiro atoms. The summed E-state index contributed by atoms with van der Waals surface area (Å²) in [5.74, 6) is 1.58. The van der Waals surface area contributed by atoms with Crippen LogP contribution in [0.15, 0.2) is 36.4 Å². The van der Waals surface area contributed by atoms with Gasteiger partial charge in [-0.2, -0.15) is 0 Å². The minimum atomic E-state index is 0.0814. The molecule has 1 aliphatic rings. The van der Waals surface area contributed by atoms with E-state index in [1.165, 1.54) is 0 Å². The molecule has 2 aromatic rings. The standard InChI is InChI=1S/C14H11ClO3/c15-11-7-9(1-3-12(11)16)10-2-4-13-14(8-10)18-6-5-17-13/h1-4,7-8,16H,5-6H2. The fourth-order valence-electron chi connectivity index (χ4n) is 1.91. The molecule has 0 amide bonds. The average molecular weight is 263 g/mol. The van der Waals surface area contributed by atoms with Crippen LogP contribution in [0.1, 0.15) is 0 Å². The maximum absolute atomic E-state index is 9.41. The predicted octanol–water partition coefficient (Wildman–Crippen LogP) is 3.48. The lowest BCUT2D eigenvalue weighted by Crippen LogP contribution is -2.15. The van der Waals surface area contributed by atoms with Crippen molar-refractivity contribution in [1.82, 2.24) is 0 Å². The second-order valence-corrected chi connectivity index (χ2v) is 4.43. The van der Waals surface area contributed by atoms with E-state index < -0.39 is 0 Å². The lowest BCUT2D eigenvalue weighted by Gasteiger charge is -2.19. The van der Waals surface area contributed by atoms with Crippen molar-refractivity contribution in [2.45, 2.75) is 0 Å². The minimum Gasteiger partial charge on any atom is -0.506 e. The zero-order valence-electron chi connectivity index (χ0n) is 9.52. The summed E-state index contributed by atoms with van der Waals surface area (Å²) in [6.45, 7) is 1.14. The van der Waals surface area contributed by atoms with Crippen LogP contribution < -0.4 is 9.47 Å². The van der Waals surface area contributed by atoms with Crippen molar-refractivity contribution in [2.24, 2.45) is 0 Å². The molecule has 0 saturated heterocycles. The third kappa shape index (κ3) is 1.97. The first kappa shape index (κ1) is 11.2. The van der Waals surface area contributed by atoms with Crippen LogP contribution in [-0.2, 0) is 0 Å². The van der Waals surface area contributed by atoms with Crippen LogP contribution in [0.5, 0.6) is 17.2 Å². The van der Waals surface area contributed by atoms with Gasteiger partial charge in [-0.15, -0.1) is 0 Å². The van der Waals surface area contributed by atoms with Crippen molar-refractivity contribution < 1.29 is 14.6 Å². The van der Waals surface area contributed by atoms with Crippen molar-refractivity contribution in [2.75, 3.05) is 13.2 Å². The Bertz CT molecular complexity index is 596. The molecule has 0 aliphatic carbocycles. The fourth-order valence-corrected chi connectivity index (χ4v) is 2.09. The molecule has 0 saturated carbocycles. The molecule has 18 heavy (non-hydrogen) atoms. The Morgan fingerprint density at radius 3 is 2.33 bits per heavy atom. The Balaban J connectivity index is 2.03. The van der Waals surface area contributed by atoms with Gasteiger partial charge in [0.1, 0.15) is 19.0 Å². The third-order valence-corrected chi connectivity index (χ3v) is 3.13. The molecular formula is C14H11ClO3. The van der Waals surface area contributed by atoms with E-state index in [0.29, 0.717) is 18.2 Å². The van der Waals surface area contributed by atoms with Crippen LogP contribution in [0.3, 0.4) is 0 Å². The molecule has 92 valence electrons. The van der Waals surface area contributed by atoms with Crippen LogP contribution >= 0.6 is 11.6 Å². The lowest BCUT2D eigenvalue weighted by atomic mass is 10.0. The number of phenolic OH excluding ortho intramolecular Hbond substituents is 1. The highest BCUT2D eigenvalue weighted by Crippen LogP contribution is 2.36. The summed E-state index contributed by atoms with van der Waals surface area (Å²) < 4.78 is 11.0. The molecule has 0 bridgehead atoms. The van der Waals surface area contributed by atoms with Crippen molar-refractivity contribution in [3.8, 4) is 28.4 Å². The lowest BCUT2D eigenvalue weighted by molar-refractivity contribution is 0.171. The summed E-state index contributed by atoms with van der Waals surface area (Å²) in [7, 11) is 0. The highest BCUT2D eigenvalue weighted by Gasteiger charge is 2.12. The monoisotopic (exact) mass is 262 g/mol. The number of ether oxygens (including phenoxy) is 2. The SMILES string of the molecule is Oc1ccc(-c2ccc3c(c2)OCCO3)cc1Cl. The van der Waals surface area contributed by atoms with Gasteiger partial charge in [-0.25, -0.2) is 0 Å². The van der Waals surface area contributed by atoms with Crippen molar-refractivity contribution in [3.63, 3.8) is 0 Å². The first-order valence-electron chi connectivity index (χ1n) is 5.62. The predicted molar refractivity (Wildman–Crippen MR) is 69.5 cm³/mol. The van der Waals surface area contributed by atoms with E-state index in [0.717, 1.165) is 22.6 Å². The van der Waals surface area contributed by atoms with Gasteiger partial charge in [0.2, 0.25) is 0 Å². The first-order chi connectivity index (χ1) is 8.74. The zero-order chi connectivity index (χ0) is 12.5. The molecule has 1 aliphatic heterocycles. The number of hydrogen-bond donors (Lipinski definition) is 1. The van der Waals surface area contributed by atoms with E-state index in [2.05, 4.69) is 0 Å². The quantitative estimate of drug-likeness (QED) is 0.855. The summed E-state index contributed by atoms with van der Waals surface area (Å²) in [5, 5.41) is 9.74. The molecule has 0 fully saturated rings. The second kappa shape index (κ2) is 4.42. The molecule has 0 unspecified atom stereocenters. The number of benzene rings is 2. The molecule has 2 aromatic carbocycles. The summed E-state index contributed by atoms with van der Waals surface area (Å²) in [6, 6.07) is 10.8. The fraction of sp³-hybridized carbons (Fsp3) is 0.143. The number of rotatable bonds is 1. The Morgan fingerprint density at radius 2 is 1.56 bits per heavy atom. The third-order valence-electron chi connectivity index (χ3n) is 2.82. The Hall–Kier alpha value is -1.87. The molecule has 3 rings (SSSR count). The maximum Gasteiger partial charge on any atom is 0.161 e. The van der Waals surface area contributed by atoms with Crippen LogP contribution in [-0.4, -0.2) is 18.3 Å². The van der Waals surface area contributed by atoms with Gasteiger partial charge in [0.05, 0.1) is 5.02 Å². The first-order valence-corrected chi connectivity index (χ1v) is 6.00. The van der Waals surface area contributed by atoms with Gasteiger partial charge >= 0.3 is 0 Å². The largest absolute Gasteiger partial charge is 0.506 e. The van der Waals surface area contributed by atoms with Crippen LogP contribution in [0.2, 0.25) is 5.02 Å². The van der Waals surface area contributed by atoms with E-state index in [1.54, 1.807) is 12.1 Å². The highest BCUT2D eigenvalue weighted by molar-refractivity contribution is 6.32. The molecule has 1 heterocycles. The van der Waals surface area contributed by atoms with E-state index in [4.69, 9.17) is 21.1 Å². The number of phenols is 1. The van der Waals surface area contributed by atoms with E-state index >= 15 is 0 Å². The Morgan fingerprint density at radius 1 is 0.889 bits per heavy atom. The Labute approximate surface area is 110 Å². The molecule has 3 nitrogen and oxygen atoms in total. The molecule has 0 radical (unpaired) electrons. The summed E-state index contributed by atoms with van der Waals surface area (Å²) in [4.78, 5) is 0. The van der Waals surface area contributed by atoms with Crippen molar-refractivity contribution >= 4 is 11.6 Å². The Kier molecular flexibility index (Phi) is 2.76. The zero-order valence-corrected chi connectivity index (χ0v) is 10.3. The van der Waals surface area contributed by atoms with Gasteiger partial charge < -0.3 is 14.6 Å². The molecule has 0 atom stereocenters. The second-order valence-electron chi connectivity index (χ2n) is 4.02. The summed E-state index contributed by atoms with van der Waals surface area (Å²) in [5.41, 5.74) is 1.90. The van der Waals surface area contributed by atoms with Crippen LogP contribution in [0.4, 0.5) is 0 Å². The molecular weight excluding hydrogens is 252 g/mol. The van der Waals surface area contributed by atoms with E-state index in [-0.39, 0.29) is 5.75 Å².